The summed E-state index contributed by atoms with van der Waals surface area (Å²) in [5.41, 5.74) is 1.08. The summed E-state index contributed by atoms with van der Waals surface area (Å²) in [6.45, 7) is 1.33. The molecule has 0 spiro atoms. The monoisotopic (exact) mass is 447 g/mol. The highest BCUT2D eigenvalue weighted by Gasteiger charge is 2.36. The van der Waals surface area contributed by atoms with Crippen LogP contribution < -0.4 is 10.2 Å². The van der Waals surface area contributed by atoms with Crippen molar-refractivity contribution in [3.63, 3.8) is 0 Å². The van der Waals surface area contributed by atoms with Gasteiger partial charge in [0.25, 0.3) is 0 Å². The lowest BCUT2D eigenvalue weighted by atomic mass is 10.1. The van der Waals surface area contributed by atoms with E-state index in [1.807, 2.05) is 0 Å². The quantitative estimate of drug-likeness (QED) is 0.762. The van der Waals surface area contributed by atoms with Crippen molar-refractivity contribution in [3.8, 4) is 0 Å². The highest BCUT2D eigenvalue weighted by atomic mass is 35.5. The maximum atomic E-state index is 12.7. The fourth-order valence-corrected chi connectivity index (χ4v) is 5.57. The van der Waals surface area contributed by atoms with Crippen molar-refractivity contribution < 1.29 is 18.0 Å². The van der Waals surface area contributed by atoms with E-state index >= 15 is 0 Å². The Bertz CT molecular complexity index is 1070. The summed E-state index contributed by atoms with van der Waals surface area (Å²) in [5, 5.41) is 3.24. The molecule has 2 saturated heterocycles. The number of carbonyl (C=O) groups is 2. The third kappa shape index (κ3) is 4.08. The summed E-state index contributed by atoms with van der Waals surface area (Å²) in [6, 6.07) is 13.2. The van der Waals surface area contributed by atoms with Gasteiger partial charge < -0.3 is 10.2 Å². The molecule has 0 unspecified atom stereocenters. The minimum absolute atomic E-state index is 0.0957. The molecule has 2 fully saturated rings. The lowest BCUT2D eigenvalue weighted by Crippen LogP contribution is -2.28. The third-order valence-electron chi connectivity index (χ3n) is 5.46. The van der Waals surface area contributed by atoms with Crippen LogP contribution >= 0.6 is 11.6 Å². The van der Waals surface area contributed by atoms with Gasteiger partial charge >= 0.3 is 0 Å². The molecule has 0 radical (unpaired) electrons. The number of amides is 2. The zero-order valence-electron chi connectivity index (χ0n) is 16.3. The Balaban J connectivity index is 1.42. The summed E-state index contributed by atoms with van der Waals surface area (Å²) >= 11 is 6.18. The van der Waals surface area contributed by atoms with Gasteiger partial charge in [-0.2, -0.15) is 4.31 Å². The van der Waals surface area contributed by atoms with Gasteiger partial charge in [0, 0.05) is 31.7 Å². The molecular formula is C21H22ClN3O4S. The van der Waals surface area contributed by atoms with Crippen molar-refractivity contribution >= 4 is 44.8 Å². The highest BCUT2D eigenvalue weighted by molar-refractivity contribution is 7.89. The van der Waals surface area contributed by atoms with Crippen LogP contribution in [-0.4, -0.2) is 44.2 Å². The van der Waals surface area contributed by atoms with Crippen LogP contribution in [0.1, 0.15) is 19.3 Å². The minimum Gasteiger partial charge on any atom is -0.326 e. The Morgan fingerprint density at radius 2 is 1.70 bits per heavy atom. The topological polar surface area (TPSA) is 86.8 Å². The highest BCUT2D eigenvalue weighted by Crippen LogP contribution is 2.31. The standard InChI is InChI=1S/C21H22ClN3O4S/c22-18-5-1-2-6-19(18)25-14-15(13-20(25)26)21(27)23-16-7-9-17(10-8-16)30(28,29)24-11-3-4-12-24/h1-2,5-10,15H,3-4,11-14H2,(H,23,27)/t15-/m1/s1. The molecule has 4 rings (SSSR count). The second-order valence-corrected chi connectivity index (χ2v) is 9.83. The fourth-order valence-electron chi connectivity index (χ4n) is 3.82. The summed E-state index contributed by atoms with van der Waals surface area (Å²) in [6.07, 6.45) is 1.84. The predicted octanol–water partition coefficient (Wildman–Crippen LogP) is 3.12. The Hall–Kier alpha value is -2.42. The van der Waals surface area contributed by atoms with Crippen molar-refractivity contribution in [2.75, 3.05) is 29.9 Å². The molecule has 9 heteroatoms. The number of hydrogen-bond acceptors (Lipinski definition) is 4. The number of hydrogen-bond donors (Lipinski definition) is 1. The maximum absolute atomic E-state index is 12.7. The van der Waals surface area contributed by atoms with Crippen LogP contribution in [0.5, 0.6) is 0 Å². The van der Waals surface area contributed by atoms with E-state index < -0.39 is 15.9 Å². The SMILES string of the molecule is O=C(Nc1ccc(S(=O)(=O)N2CCCC2)cc1)[C@@H]1CC(=O)N(c2ccccc2Cl)C1. The fraction of sp³-hybridized carbons (Fsp3) is 0.333. The van der Waals surface area contributed by atoms with Crippen molar-refractivity contribution in [1.29, 1.82) is 0 Å². The van der Waals surface area contributed by atoms with Gasteiger partial charge in [-0.25, -0.2) is 8.42 Å². The van der Waals surface area contributed by atoms with Crippen molar-refractivity contribution in [3.05, 3.63) is 53.6 Å². The van der Waals surface area contributed by atoms with Gasteiger partial charge in [0.15, 0.2) is 0 Å². The molecular weight excluding hydrogens is 426 g/mol. The smallest absolute Gasteiger partial charge is 0.243 e. The number of rotatable bonds is 5. The normalized spacial score (nSPS) is 20.0. The number of nitrogens with zero attached hydrogens (tertiary/aromatic N) is 2. The van der Waals surface area contributed by atoms with Crippen LogP contribution in [0.2, 0.25) is 5.02 Å². The van der Waals surface area contributed by atoms with E-state index in [9.17, 15) is 18.0 Å². The van der Waals surface area contributed by atoms with E-state index in [1.54, 1.807) is 36.4 Å². The van der Waals surface area contributed by atoms with Gasteiger partial charge in [-0.15, -0.1) is 0 Å². The molecule has 30 heavy (non-hydrogen) atoms. The zero-order valence-corrected chi connectivity index (χ0v) is 17.8. The van der Waals surface area contributed by atoms with E-state index in [4.69, 9.17) is 11.6 Å². The van der Waals surface area contributed by atoms with E-state index in [0.29, 0.717) is 29.5 Å². The summed E-state index contributed by atoms with van der Waals surface area (Å²) < 4.78 is 26.7. The molecule has 158 valence electrons. The number of anilines is 2. The molecule has 2 aromatic carbocycles. The lowest BCUT2D eigenvalue weighted by Gasteiger charge is -2.18. The number of carbonyl (C=O) groups excluding carboxylic acids is 2. The van der Waals surface area contributed by atoms with Crippen molar-refractivity contribution in [2.45, 2.75) is 24.2 Å². The van der Waals surface area contributed by atoms with E-state index in [1.165, 1.54) is 21.3 Å². The van der Waals surface area contributed by atoms with E-state index in [0.717, 1.165) is 12.8 Å². The summed E-state index contributed by atoms with van der Waals surface area (Å²) in [4.78, 5) is 26.8. The van der Waals surface area contributed by atoms with Gasteiger partial charge in [-0.05, 0) is 49.2 Å². The van der Waals surface area contributed by atoms with Crippen LogP contribution in [0.4, 0.5) is 11.4 Å². The Labute approximate surface area is 180 Å². The zero-order chi connectivity index (χ0) is 21.3. The molecule has 0 bridgehead atoms. The van der Waals surface area contributed by atoms with Crippen LogP contribution in [0, 0.1) is 5.92 Å². The van der Waals surface area contributed by atoms with Crippen molar-refractivity contribution in [1.82, 2.24) is 4.31 Å². The Morgan fingerprint density at radius 1 is 1.03 bits per heavy atom. The molecule has 2 heterocycles. The van der Waals surface area contributed by atoms with E-state index in [-0.39, 0.29) is 29.7 Å². The predicted molar refractivity (Wildman–Crippen MR) is 115 cm³/mol. The number of para-hydroxylation sites is 1. The number of sulfonamides is 1. The van der Waals surface area contributed by atoms with Crippen LogP contribution in [0.25, 0.3) is 0 Å². The van der Waals surface area contributed by atoms with Gasteiger partial charge in [0.05, 0.1) is 21.5 Å². The first kappa shape index (κ1) is 20.8. The third-order valence-corrected chi connectivity index (χ3v) is 7.70. The molecule has 2 amide bonds. The van der Waals surface area contributed by atoms with Crippen molar-refractivity contribution in [2.24, 2.45) is 5.92 Å². The average Bonchev–Trinajstić information content (AvgIpc) is 3.39. The molecule has 2 aromatic rings. The van der Waals surface area contributed by atoms with Crippen LogP contribution in [-0.2, 0) is 19.6 Å². The van der Waals surface area contributed by atoms with Gasteiger partial charge in [-0.3, -0.25) is 9.59 Å². The first-order valence-corrected chi connectivity index (χ1v) is 11.6. The Kier molecular flexibility index (Phi) is 5.81. The molecule has 2 aliphatic heterocycles. The first-order chi connectivity index (χ1) is 14.4. The number of halogens is 1. The Morgan fingerprint density at radius 3 is 2.37 bits per heavy atom. The van der Waals surface area contributed by atoms with Gasteiger partial charge in [0.2, 0.25) is 21.8 Å². The second kappa shape index (κ2) is 8.37. The first-order valence-electron chi connectivity index (χ1n) is 9.82. The van der Waals surface area contributed by atoms with Crippen LogP contribution in [0.3, 0.4) is 0 Å². The summed E-state index contributed by atoms with van der Waals surface area (Å²) in [5.74, 6) is -0.954. The molecule has 0 saturated carbocycles. The largest absolute Gasteiger partial charge is 0.326 e. The average molecular weight is 448 g/mol. The number of nitrogens with one attached hydrogen (secondary N) is 1. The molecule has 7 nitrogen and oxygen atoms in total. The van der Waals surface area contributed by atoms with Gasteiger partial charge in [-0.1, -0.05) is 23.7 Å². The second-order valence-electron chi connectivity index (χ2n) is 7.48. The maximum Gasteiger partial charge on any atom is 0.243 e. The number of benzene rings is 2. The molecule has 1 N–H and O–H groups in total. The minimum atomic E-state index is -3.49. The molecule has 1 atom stereocenters. The van der Waals surface area contributed by atoms with E-state index in [2.05, 4.69) is 5.32 Å². The summed E-state index contributed by atoms with van der Waals surface area (Å²) in [7, 11) is -3.49. The van der Waals surface area contributed by atoms with Gasteiger partial charge in [0.1, 0.15) is 0 Å². The molecule has 2 aliphatic rings. The molecule has 0 aromatic heterocycles. The molecule has 0 aliphatic carbocycles. The van der Waals surface area contributed by atoms with Crippen LogP contribution in [0.15, 0.2) is 53.4 Å². The lowest BCUT2D eigenvalue weighted by molar-refractivity contribution is -0.122.